The van der Waals surface area contributed by atoms with Gasteiger partial charge in [-0.1, -0.05) is 62.8 Å². The molecule has 0 spiro atoms. The minimum Gasteiger partial charge on any atom is -0.480 e. The predicted octanol–water partition coefficient (Wildman–Crippen LogP) is 5.21. The van der Waals surface area contributed by atoms with Gasteiger partial charge in [-0.15, -0.1) is 0 Å². The Kier molecular flexibility index (Phi) is 3.94. The minimum absolute atomic E-state index is 0.426. The van der Waals surface area contributed by atoms with Crippen molar-refractivity contribution in [2.45, 2.75) is 46.5 Å². The second-order valence-corrected chi connectivity index (χ2v) is 8.03. The Labute approximate surface area is 149 Å². The maximum absolute atomic E-state index is 12.4. The third kappa shape index (κ3) is 2.29. The summed E-state index contributed by atoms with van der Waals surface area (Å²) in [6.07, 6.45) is 2.75. The SMILES string of the molecule is CC(C)=CC1(C)C(C)(C)C1(C(=O)O)c1ccc(Cc2ccccc2)o1. The van der Waals surface area contributed by atoms with E-state index in [9.17, 15) is 9.90 Å². The highest BCUT2D eigenvalue weighted by atomic mass is 16.4. The van der Waals surface area contributed by atoms with Crippen LogP contribution in [0.2, 0.25) is 0 Å². The van der Waals surface area contributed by atoms with Crippen LogP contribution in [0.1, 0.15) is 51.7 Å². The molecule has 0 radical (unpaired) electrons. The smallest absolute Gasteiger partial charge is 0.318 e. The van der Waals surface area contributed by atoms with Gasteiger partial charge in [0.05, 0.1) is 0 Å². The number of furan rings is 1. The summed E-state index contributed by atoms with van der Waals surface area (Å²) < 4.78 is 6.08. The van der Waals surface area contributed by atoms with Crippen LogP contribution in [0.15, 0.2) is 58.5 Å². The summed E-state index contributed by atoms with van der Waals surface area (Å²) in [7, 11) is 0. The molecule has 1 aromatic heterocycles. The molecule has 0 saturated heterocycles. The molecule has 0 amide bonds. The van der Waals surface area contributed by atoms with E-state index in [0.717, 1.165) is 16.9 Å². The third-order valence-electron chi connectivity index (χ3n) is 6.10. The van der Waals surface area contributed by atoms with Gasteiger partial charge in [-0.2, -0.15) is 0 Å². The number of hydrogen-bond acceptors (Lipinski definition) is 2. The third-order valence-corrected chi connectivity index (χ3v) is 6.10. The van der Waals surface area contributed by atoms with Gasteiger partial charge in [0.15, 0.2) is 0 Å². The zero-order chi connectivity index (χ0) is 18.5. The molecule has 0 aliphatic heterocycles. The Morgan fingerprint density at radius 1 is 1.08 bits per heavy atom. The van der Waals surface area contributed by atoms with E-state index in [2.05, 4.69) is 6.08 Å². The van der Waals surface area contributed by atoms with Gasteiger partial charge in [-0.3, -0.25) is 4.79 Å². The quantitative estimate of drug-likeness (QED) is 0.762. The van der Waals surface area contributed by atoms with Gasteiger partial charge in [0, 0.05) is 11.8 Å². The fourth-order valence-corrected chi connectivity index (χ4v) is 4.62. The molecule has 0 bridgehead atoms. The number of rotatable bonds is 5. The lowest BCUT2D eigenvalue weighted by molar-refractivity contribution is -0.142. The summed E-state index contributed by atoms with van der Waals surface area (Å²) in [4.78, 5) is 12.4. The molecule has 25 heavy (non-hydrogen) atoms. The van der Waals surface area contributed by atoms with Crippen LogP contribution in [0.4, 0.5) is 0 Å². The standard InChI is InChI=1S/C22H26O3/c1-15(2)14-21(5)20(3,4)22(21,19(23)24)18-12-11-17(25-18)13-16-9-7-6-8-10-16/h6-12,14H,13H2,1-5H3,(H,23,24). The molecule has 1 fully saturated rings. The molecule has 2 atom stereocenters. The minimum atomic E-state index is -1.04. The van der Waals surface area contributed by atoms with Crippen molar-refractivity contribution in [1.82, 2.24) is 0 Å². The lowest BCUT2D eigenvalue weighted by Crippen LogP contribution is -2.27. The van der Waals surface area contributed by atoms with E-state index in [0.29, 0.717) is 12.2 Å². The van der Waals surface area contributed by atoms with E-state index in [1.54, 1.807) is 0 Å². The summed E-state index contributed by atoms with van der Waals surface area (Å²) in [5.41, 5.74) is 0.327. The molecule has 2 unspecified atom stereocenters. The van der Waals surface area contributed by atoms with E-state index in [1.165, 1.54) is 0 Å². The van der Waals surface area contributed by atoms with E-state index in [1.807, 2.05) is 77.1 Å². The Hall–Kier alpha value is -2.29. The van der Waals surface area contributed by atoms with Crippen molar-refractivity contribution in [1.29, 1.82) is 0 Å². The fraction of sp³-hybridized carbons (Fsp3) is 0.409. The Balaban J connectivity index is 2.02. The average molecular weight is 338 g/mol. The van der Waals surface area contributed by atoms with E-state index in [-0.39, 0.29) is 0 Å². The molecule has 1 heterocycles. The normalized spacial score (nSPS) is 26.9. The van der Waals surface area contributed by atoms with Crippen LogP contribution in [0.5, 0.6) is 0 Å². The first-order valence-corrected chi connectivity index (χ1v) is 8.69. The first kappa shape index (κ1) is 17.5. The van der Waals surface area contributed by atoms with Crippen molar-refractivity contribution in [3.8, 4) is 0 Å². The summed E-state index contributed by atoms with van der Waals surface area (Å²) in [5, 5.41) is 10.2. The van der Waals surface area contributed by atoms with Gasteiger partial charge in [0.25, 0.3) is 0 Å². The number of allylic oxidation sites excluding steroid dienone is 2. The molecule has 1 aromatic carbocycles. The largest absolute Gasteiger partial charge is 0.480 e. The van der Waals surface area contributed by atoms with Crippen LogP contribution in [-0.2, 0) is 16.6 Å². The van der Waals surface area contributed by atoms with Gasteiger partial charge < -0.3 is 9.52 Å². The number of benzene rings is 1. The van der Waals surface area contributed by atoms with Crippen molar-refractivity contribution in [2.24, 2.45) is 10.8 Å². The molecule has 1 aliphatic carbocycles. The fourth-order valence-electron chi connectivity index (χ4n) is 4.62. The van der Waals surface area contributed by atoms with Gasteiger partial charge >= 0.3 is 5.97 Å². The van der Waals surface area contributed by atoms with Gasteiger partial charge in [0.1, 0.15) is 16.9 Å². The number of carboxylic acid groups (broad SMARTS) is 1. The highest BCUT2D eigenvalue weighted by Gasteiger charge is 2.85. The molecule has 3 rings (SSSR count). The molecule has 3 heteroatoms. The average Bonchev–Trinajstić information content (AvgIpc) is 2.80. The Morgan fingerprint density at radius 2 is 1.72 bits per heavy atom. The molecular weight excluding hydrogens is 312 g/mol. The maximum atomic E-state index is 12.4. The number of carboxylic acids is 1. The molecule has 1 N–H and O–H groups in total. The maximum Gasteiger partial charge on any atom is 0.318 e. The second kappa shape index (κ2) is 5.62. The van der Waals surface area contributed by atoms with Gasteiger partial charge in [0.2, 0.25) is 0 Å². The summed E-state index contributed by atoms with van der Waals surface area (Å²) in [6, 6.07) is 13.8. The molecule has 2 aromatic rings. The van der Waals surface area contributed by atoms with E-state index in [4.69, 9.17) is 4.42 Å². The van der Waals surface area contributed by atoms with Crippen LogP contribution in [0.25, 0.3) is 0 Å². The predicted molar refractivity (Wildman–Crippen MR) is 98.6 cm³/mol. The highest BCUT2D eigenvalue weighted by Crippen LogP contribution is 2.79. The second-order valence-electron chi connectivity index (χ2n) is 8.03. The summed E-state index contributed by atoms with van der Waals surface area (Å²) >= 11 is 0. The first-order chi connectivity index (χ1) is 11.7. The van der Waals surface area contributed by atoms with Crippen LogP contribution in [0.3, 0.4) is 0 Å². The van der Waals surface area contributed by atoms with Crippen LogP contribution in [-0.4, -0.2) is 11.1 Å². The lowest BCUT2D eigenvalue weighted by atomic mass is 9.90. The molecule has 3 nitrogen and oxygen atoms in total. The van der Waals surface area contributed by atoms with E-state index < -0.39 is 22.2 Å². The van der Waals surface area contributed by atoms with Crippen molar-refractivity contribution >= 4 is 5.97 Å². The lowest BCUT2D eigenvalue weighted by Gasteiger charge is -2.14. The zero-order valence-corrected chi connectivity index (χ0v) is 15.6. The number of hydrogen-bond donors (Lipinski definition) is 1. The van der Waals surface area contributed by atoms with Crippen molar-refractivity contribution in [2.75, 3.05) is 0 Å². The highest BCUT2D eigenvalue weighted by molar-refractivity contribution is 5.90. The molecule has 132 valence electrons. The van der Waals surface area contributed by atoms with Crippen LogP contribution in [0, 0.1) is 10.8 Å². The number of aliphatic carboxylic acids is 1. The number of carbonyl (C=O) groups is 1. The summed E-state index contributed by atoms with van der Waals surface area (Å²) in [6.45, 7) is 10.1. The van der Waals surface area contributed by atoms with Crippen molar-refractivity contribution in [3.63, 3.8) is 0 Å². The molecule has 1 saturated carbocycles. The van der Waals surface area contributed by atoms with Crippen LogP contribution >= 0.6 is 0 Å². The Bertz CT molecular complexity index is 824. The Morgan fingerprint density at radius 3 is 2.28 bits per heavy atom. The van der Waals surface area contributed by atoms with Gasteiger partial charge in [-0.05, 0) is 37.0 Å². The van der Waals surface area contributed by atoms with Crippen molar-refractivity contribution < 1.29 is 14.3 Å². The topological polar surface area (TPSA) is 50.4 Å². The van der Waals surface area contributed by atoms with Crippen LogP contribution < -0.4 is 0 Å². The summed E-state index contributed by atoms with van der Waals surface area (Å²) in [5.74, 6) is 0.526. The monoisotopic (exact) mass is 338 g/mol. The molecular formula is C22H26O3. The van der Waals surface area contributed by atoms with E-state index >= 15 is 0 Å². The first-order valence-electron chi connectivity index (χ1n) is 8.69. The van der Waals surface area contributed by atoms with Gasteiger partial charge in [-0.25, -0.2) is 0 Å². The van der Waals surface area contributed by atoms with Crippen molar-refractivity contribution in [3.05, 3.63) is 71.2 Å². The molecule has 1 aliphatic rings. The zero-order valence-electron chi connectivity index (χ0n) is 15.6.